The molecule has 0 saturated heterocycles. The van der Waals surface area contributed by atoms with Crippen LogP contribution in [-0.4, -0.2) is 20.1 Å². The molecule has 1 spiro atoms. The van der Waals surface area contributed by atoms with Crippen LogP contribution in [0.3, 0.4) is 0 Å². The summed E-state index contributed by atoms with van der Waals surface area (Å²) in [6.45, 7) is 1.46. The van der Waals surface area contributed by atoms with Crippen molar-refractivity contribution in [3.8, 4) is 0 Å². The first kappa shape index (κ1) is 13.6. The van der Waals surface area contributed by atoms with Crippen molar-refractivity contribution >= 4 is 11.4 Å². The number of rotatable bonds is 0. The van der Waals surface area contributed by atoms with Crippen LogP contribution in [0.15, 0.2) is 18.2 Å². The van der Waals surface area contributed by atoms with Gasteiger partial charge in [0.05, 0.1) is 16.9 Å². The highest BCUT2D eigenvalue weighted by molar-refractivity contribution is 5.75. The summed E-state index contributed by atoms with van der Waals surface area (Å²) in [5, 5.41) is 3.10. The molecule has 1 N–H and O–H groups in total. The number of nitrogens with one attached hydrogen (secondary N) is 1. The maximum Gasteiger partial charge on any atom is 0.418 e. The largest absolute Gasteiger partial charge is 0.418 e. The van der Waals surface area contributed by atoms with Crippen molar-refractivity contribution in [3.05, 3.63) is 23.8 Å². The second-order valence-corrected chi connectivity index (χ2v) is 6.11. The molecule has 1 aliphatic heterocycles. The average molecular weight is 284 g/mol. The summed E-state index contributed by atoms with van der Waals surface area (Å²) in [6, 6.07) is 4.42. The number of para-hydroxylation sites is 1. The van der Waals surface area contributed by atoms with E-state index in [1.165, 1.54) is 18.9 Å². The Morgan fingerprint density at radius 2 is 1.90 bits per heavy atom. The van der Waals surface area contributed by atoms with E-state index in [0.29, 0.717) is 12.2 Å². The third-order valence-electron chi connectivity index (χ3n) is 4.64. The summed E-state index contributed by atoms with van der Waals surface area (Å²) in [6.07, 6.45) is 0.238. The molecule has 5 heteroatoms. The third kappa shape index (κ3) is 2.23. The van der Waals surface area contributed by atoms with E-state index >= 15 is 0 Å². The quantitative estimate of drug-likeness (QED) is 0.770. The van der Waals surface area contributed by atoms with Crippen LogP contribution in [0.25, 0.3) is 0 Å². The van der Waals surface area contributed by atoms with Gasteiger partial charge in [0.15, 0.2) is 0 Å². The van der Waals surface area contributed by atoms with Crippen LogP contribution >= 0.6 is 0 Å². The molecule has 0 bridgehead atoms. The lowest BCUT2D eigenvalue weighted by molar-refractivity contribution is -0.136. The molecule has 20 heavy (non-hydrogen) atoms. The lowest BCUT2D eigenvalue weighted by Gasteiger charge is -2.31. The normalized spacial score (nSPS) is 21.5. The van der Waals surface area contributed by atoms with Crippen LogP contribution in [0.2, 0.25) is 0 Å². The molecule has 2 nitrogen and oxygen atoms in total. The van der Waals surface area contributed by atoms with Crippen molar-refractivity contribution in [3.63, 3.8) is 0 Å². The fourth-order valence-corrected chi connectivity index (χ4v) is 3.66. The molecule has 0 atom stereocenters. The zero-order valence-corrected chi connectivity index (χ0v) is 11.6. The van der Waals surface area contributed by atoms with E-state index < -0.39 is 11.7 Å². The number of alkyl halides is 3. The van der Waals surface area contributed by atoms with E-state index in [1.54, 1.807) is 6.07 Å². The first-order valence-corrected chi connectivity index (χ1v) is 7.07. The highest BCUT2D eigenvalue weighted by Crippen LogP contribution is 2.46. The first-order chi connectivity index (χ1) is 9.41. The maximum absolute atomic E-state index is 13.1. The van der Waals surface area contributed by atoms with Crippen molar-refractivity contribution < 1.29 is 13.2 Å². The SMILES string of the molecule is CN1CC2(CCCC2)CNc2c1cccc2C(F)(F)F. The first-order valence-electron chi connectivity index (χ1n) is 7.07. The van der Waals surface area contributed by atoms with Gasteiger partial charge in [-0.25, -0.2) is 0 Å². The van der Waals surface area contributed by atoms with Crippen molar-refractivity contribution in [2.24, 2.45) is 5.41 Å². The van der Waals surface area contributed by atoms with E-state index in [0.717, 1.165) is 25.5 Å². The van der Waals surface area contributed by atoms with Crippen LogP contribution in [0.5, 0.6) is 0 Å². The van der Waals surface area contributed by atoms with Crippen LogP contribution in [-0.2, 0) is 6.18 Å². The standard InChI is InChI=1S/C15H19F3N2/c1-20-10-14(7-2-3-8-14)9-19-13-11(15(16,17)18)5-4-6-12(13)20/h4-6,19H,2-3,7-10H2,1H3. The summed E-state index contributed by atoms with van der Waals surface area (Å²) in [5.74, 6) is 0. The van der Waals surface area contributed by atoms with E-state index in [2.05, 4.69) is 5.32 Å². The van der Waals surface area contributed by atoms with Gasteiger partial charge >= 0.3 is 6.18 Å². The second-order valence-electron chi connectivity index (χ2n) is 6.11. The number of hydrogen-bond acceptors (Lipinski definition) is 2. The van der Waals surface area contributed by atoms with E-state index in [1.807, 2.05) is 11.9 Å². The molecule has 1 aliphatic carbocycles. The predicted octanol–water partition coefficient (Wildman–Crippen LogP) is 4.13. The number of hydrogen-bond donors (Lipinski definition) is 1. The Morgan fingerprint density at radius 3 is 2.55 bits per heavy atom. The highest BCUT2D eigenvalue weighted by atomic mass is 19.4. The Hall–Kier alpha value is -1.39. The Morgan fingerprint density at radius 1 is 1.20 bits per heavy atom. The summed E-state index contributed by atoms with van der Waals surface area (Å²) < 4.78 is 39.4. The van der Waals surface area contributed by atoms with Gasteiger partial charge < -0.3 is 10.2 Å². The average Bonchev–Trinajstić information content (AvgIpc) is 2.77. The molecule has 1 heterocycles. The molecule has 1 fully saturated rings. The summed E-state index contributed by atoms with van der Waals surface area (Å²) in [5.41, 5.74) is 0.461. The summed E-state index contributed by atoms with van der Waals surface area (Å²) in [4.78, 5) is 1.98. The molecule has 0 radical (unpaired) electrons. The zero-order valence-electron chi connectivity index (χ0n) is 11.6. The minimum Gasteiger partial charge on any atom is -0.382 e. The van der Waals surface area contributed by atoms with Gasteiger partial charge in [-0.05, 0) is 25.0 Å². The number of anilines is 2. The molecule has 0 unspecified atom stereocenters. The molecule has 0 aromatic heterocycles. The minimum atomic E-state index is -4.31. The van der Waals surface area contributed by atoms with Gasteiger partial charge in [-0.2, -0.15) is 13.2 Å². The molecule has 1 aromatic rings. The molecular weight excluding hydrogens is 265 g/mol. The zero-order chi connectivity index (χ0) is 14.4. The van der Waals surface area contributed by atoms with Crippen molar-refractivity contribution in [1.29, 1.82) is 0 Å². The van der Waals surface area contributed by atoms with Gasteiger partial charge in [-0.3, -0.25) is 0 Å². The van der Waals surface area contributed by atoms with Gasteiger partial charge in [0.1, 0.15) is 0 Å². The molecular formula is C15H19F3N2. The Bertz CT molecular complexity index is 504. The molecule has 3 rings (SSSR count). The molecule has 0 amide bonds. The molecule has 2 aliphatic rings. The van der Waals surface area contributed by atoms with Crippen LogP contribution in [0, 0.1) is 5.41 Å². The van der Waals surface area contributed by atoms with Gasteiger partial charge in [0.2, 0.25) is 0 Å². The number of nitrogens with zero attached hydrogens (tertiary/aromatic N) is 1. The number of halogens is 3. The van der Waals surface area contributed by atoms with Gasteiger partial charge in [0.25, 0.3) is 0 Å². The second kappa shape index (κ2) is 4.57. The van der Waals surface area contributed by atoms with Gasteiger partial charge in [-0.1, -0.05) is 18.9 Å². The summed E-state index contributed by atoms with van der Waals surface area (Å²) in [7, 11) is 1.89. The molecule has 1 aromatic carbocycles. The maximum atomic E-state index is 13.1. The van der Waals surface area contributed by atoms with Crippen molar-refractivity contribution in [2.75, 3.05) is 30.4 Å². The lowest BCUT2D eigenvalue weighted by Crippen LogP contribution is -2.36. The van der Waals surface area contributed by atoms with Crippen molar-refractivity contribution in [2.45, 2.75) is 31.9 Å². The van der Waals surface area contributed by atoms with E-state index in [9.17, 15) is 13.2 Å². The van der Waals surface area contributed by atoms with Gasteiger partial charge in [0, 0.05) is 25.6 Å². The number of benzene rings is 1. The highest BCUT2D eigenvalue weighted by Gasteiger charge is 2.40. The van der Waals surface area contributed by atoms with Crippen LogP contribution < -0.4 is 10.2 Å². The number of fused-ring (bicyclic) bond motifs is 1. The Kier molecular flexibility index (Phi) is 3.10. The fourth-order valence-electron chi connectivity index (χ4n) is 3.66. The third-order valence-corrected chi connectivity index (χ3v) is 4.64. The van der Waals surface area contributed by atoms with E-state index in [-0.39, 0.29) is 11.1 Å². The lowest BCUT2D eigenvalue weighted by atomic mass is 9.86. The molecule has 1 saturated carbocycles. The fraction of sp³-hybridized carbons (Fsp3) is 0.600. The monoisotopic (exact) mass is 284 g/mol. The van der Waals surface area contributed by atoms with Crippen LogP contribution in [0.4, 0.5) is 24.5 Å². The van der Waals surface area contributed by atoms with Crippen LogP contribution in [0.1, 0.15) is 31.2 Å². The predicted molar refractivity (Wildman–Crippen MR) is 74.1 cm³/mol. The summed E-state index contributed by atoms with van der Waals surface area (Å²) >= 11 is 0. The minimum absolute atomic E-state index is 0.122. The van der Waals surface area contributed by atoms with Gasteiger partial charge in [-0.15, -0.1) is 0 Å². The Labute approximate surface area is 117 Å². The molecule has 110 valence electrons. The Balaban J connectivity index is 2.01. The topological polar surface area (TPSA) is 15.3 Å². The van der Waals surface area contributed by atoms with E-state index in [4.69, 9.17) is 0 Å². The smallest absolute Gasteiger partial charge is 0.382 e. The van der Waals surface area contributed by atoms with Crippen molar-refractivity contribution in [1.82, 2.24) is 0 Å².